The van der Waals surface area contributed by atoms with E-state index >= 15 is 0 Å². The van der Waals surface area contributed by atoms with Crippen molar-refractivity contribution in [2.75, 3.05) is 26.5 Å². The van der Waals surface area contributed by atoms with Crippen LogP contribution in [0.2, 0.25) is 0 Å². The Hall–Kier alpha value is -1.76. The molecule has 2 rings (SSSR count). The lowest BCUT2D eigenvalue weighted by Crippen LogP contribution is -2.33. The minimum Gasteiger partial charge on any atom is -0.493 e. The third kappa shape index (κ3) is 4.37. The normalized spacial score (nSPS) is 15.8. The van der Waals surface area contributed by atoms with Gasteiger partial charge in [-0.25, -0.2) is 8.42 Å². The van der Waals surface area contributed by atoms with Gasteiger partial charge >= 0.3 is 0 Å². The summed E-state index contributed by atoms with van der Waals surface area (Å²) in [6.45, 7) is 1.99. The first-order valence-electron chi connectivity index (χ1n) is 7.61. The number of rotatable bonds is 8. The Morgan fingerprint density at radius 2 is 1.91 bits per heavy atom. The van der Waals surface area contributed by atoms with Crippen molar-refractivity contribution in [2.45, 2.75) is 24.7 Å². The van der Waals surface area contributed by atoms with Gasteiger partial charge in [-0.2, -0.15) is 0 Å². The molecule has 0 bridgehead atoms. The fourth-order valence-electron chi connectivity index (χ4n) is 2.41. The number of hydrogen-bond acceptors (Lipinski definition) is 5. The second kappa shape index (κ2) is 7.21. The number of sulfone groups is 1. The second-order valence-electron chi connectivity index (χ2n) is 5.75. The van der Waals surface area contributed by atoms with Crippen molar-refractivity contribution in [3.05, 3.63) is 18.2 Å². The average Bonchev–Trinajstić information content (AvgIpc) is 3.37. The third-order valence-electron chi connectivity index (χ3n) is 4.13. The number of amides is 1. The van der Waals surface area contributed by atoms with E-state index in [-0.39, 0.29) is 29.0 Å². The van der Waals surface area contributed by atoms with E-state index in [0.29, 0.717) is 17.4 Å². The number of benzene rings is 1. The summed E-state index contributed by atoms with van der Waals surface area (Å²) in [5.74, 6) is 1.02. The Morgan fingerprint density at radius 1 is 1.26 bits per heavy atom. The molecule has 1 atom stereocenters. The van der Waals surface area contributed by atoms with Crippen molar-refractivity contribution in [2.24, 2.45) is 11.8 Å². The van der Waals surface area contributed by atoms with Crippen LogP contribution in [0.5, 0.6) is 11.5 Å². The van der Waals surface area contributed by atoms with Crippen LogP contribution in [-0.2, 0) is 14.6 Å². The largest absolute Gasteiger partial charge is 0.493 e. The zero-order valence-corrected chi connectivity index (χ0v) is 14.5. The highest BCUT2D eigenvalue weighted by atomic mass is 32.2. The minimum atomic E-state index is -3.49. The molecule has 7 heteroatoms. The average molecular weight is 341 g/mol. The van der Waals surface area contributed by atoms with Gasteiger partial charge in [0.2, 0.25) is 5.91 Å². The van der Waals surface area contributed by atoms with E-state index in [0.717, 1.165) is 12.8 Å². The van der Waals surface area contributed by atoms with Crippen molar-refractivity contribution in [1.82, 2.24) is 5.32 Å². The number of methoxy groups -OCH3 is 2. The summed E-state index contributed by atoms with van der Waals surface area (Å²) >= 11 is 0. The molecule has 0 spiro atoms. The molecule has 1 aromatic rings. The maximum Gasteiger partial charge on any atom is 0.223 e. The molecule has 0 aliphatic heterocycles. The number of nitrogens with one attached hydrogen (secondary N) is 1. The molecule has 1 fully saturated rings. The van der Waals surface area contributed by atoms with Gasteiger partial charge in [-0.15, -0.1) is 0 Å². The Labute approximate surface area is 137 Å². The highest BCUT2D eigenvalue weighted by Crippen LogP contribution is 2.36. The number of carbonyl (C=O) groups excluding carboxylic acids is 1. The Morgan fingerprint density at radius 3 is 2.48 bits per heavy atom. The number of ether oxygens (including phenoxy) is 2. The Balaban J connectivity index is 1.97. The van der Waals surface area contributed by atoms with Crippen LogP contribution in [-0.4, -0.2) is 40.8 Å². The predicted molar refractivity (Wildman–Crippen MR) is 86.5 cm³/mol. The fraction of sp³-hybridized carbons (Fsp3) is 0.562. The smallest absolute Gasteiger partial charge is 0.223 e. The van der Waals surface area contributed by atoms with Crippen molar-refractivity contribution in [3.63, 3.8) is 0 Å². The van der Waals surface area contributed by atoms with Crippen LogP contribution in [0.15, 0.2) is 23.1 Å². The summed E-state index contributed by atoms with van der Waals surface area (Å²) in [6, 6.07) is 4.47. The first-order chi connectivity index (χ1) is 10.9. The van der Waals surface area contributed by atoms with Gasteiger partial charge in [-0.05, 0) is 30.9 Å². The summed E-state index contributed by atoms with van der Waals surface area (Å²) in [5.41, 5.74) is 0. The molecule has 1 saturated carbocycles. The lowest BCUT2D eigenvalue weighted by atomic mass is 10.1. The van der Waals surface area contributed by atoms with Crippen molar-refractivity contribution < 1.29 is 22.7 Å². The van der Waals surface area contributed by atoms with E-state index in [2.05, 4.69) is 5.32 Å². The van der Waals surface area contributed by atoms with Crippen molar-refractivity contribution >= 4 is 15.7 Å². The molecule has 1 unspecified atom stereocenters. The van der Waals surface area contributed by atoms with Crippen LogP contribution >= 0.6 is 0 Å². The summed E-state index contributed by atoms with van der Waals surface area (Å²) < 4.78 is 34.9. The van der Waals surface area contributed by atoms with Crippen molar-refractivity contribution in [3.8, 4) is 11.5 Å². The van der Waals surface area contributed by atoms with Gasteiger partial charge in [0.25, 0.3) is 0 Å². The summed E-state index contributed by atoms with van der Waals surface area (Å²) in [6.07, 6.45) is 2.16. The lowest BCUT2D eigenvalue weighted by Gasteiger charge is -2.12. The van der Waals surface area contributed by atoms with Gasteiger partial charge in [0.15, 0.2) is 21.3 Å². The predicted octanol–water partition coefficient (Wildman–Crippen LogP) is 1.64. The van der Waals surface area contributed by atoms with Crippen LogP contribution in [0.4, 0.5) is 0 Å². The molecule has 1 aromatic carbocycles. The van der Waals surface area contributed by atoms with E-state index < -0.39 is 9.84 Å². The highest BCUT2D eigenvalue weighted by molar-refractivity contribution is 7.91. The summed E-state index contributed by atoms with van der Waals surface area (Å²) in [7, 11) is -0.553. The second-order valence-corrected chi connectivity index (χ2v) is 7.86. The SMILES string of the molecule is COc1ccc(S(=O)(=O)CCNC(=O)C(C)C2CC2)cc1OC. The summed E-state index contributed by atoms with van der Waals surface area (Å²) in [4.78, 5) is 12.0. The van der Waals surface area contributed by atoms with Gasteiger partial charge in [0.05, 0.1) is 24.9 Å². The number of hydrogen-bond donors (Lipinski definition) is 1. The molecule has 1 N–H and O–H groups in total. The van der Waals surface area contributed by atoms with Crippen LogP contribution < -0.4 is 14.8 Å². The molecule has 23 heavy (non-hydrogen) atoms. The zero-order chi connectivity index (χ0) is 17.0. The minimum absolute atomic E-state index is 0.0428. The molecule has 0 radical (unpaired) electrons. The monoisotopic (exact) mass is 341 g/mol. The molecule has 1 aliphatic rings. The van der Waals surface area contributed by atoms with E-state index in [1.54, 1.807) is 6.07 Å². The molecule has 0 saturated heterocycles. The van der Waals surface area contributed by atoms with Gasteiger partial charge < -0.3 is 14.8 Å². The third-order valence-corrected chi connectivity index (χ3v) is 5.84. The first-order valence-corrected chi connectivity index (χ1v) is 9.26. The van der Waals surface area contributed by atoms with Gasteiger partial charge in [-0.1, -0.05) is 6.92 Å². The van der Waals surface area contributed by atoms with Crippen molar-refractivity contribution in [1.29, 1.82) is 0 Å². The van der Waals surface area contributed by atoms with E-state index in [1.165, 1.54) is 26.4 Å². The topological polar surface area (TPSA) is 81.7 Å². The fourth-order valence-corrected chi connectivity index (χ4v) is 3.58. The van der Waals surface area contributed by atoms with E-state index in [9.17, 15) is 13.2 Å². The highest BCUT2D eigenvalue weighted by Gasteiger charge is 2.32. The molecular formula is C16H23NO5S. The van der Waals surface area contributed by atoms with Crippen LogP contribution in [0.3, 0.4) is 0 Å². The Kier molecular flexibility index (Phi) is 5.51. The maximum atomic E-state index is 12.3. The maximum absolute atomic E-state index is 12.3. The quantitative estimate of drug-likeness (QED) is 0.777. The van der Waals surface area contributed by atoms with Gasteiger partial charge in [-0.3, -0.25) is 4.79 Å². The molecule has 6 nitrogen and oxygen atoms in total. The van der Waals surface area contributed by atoms with E-state index in [4.69, 9.17) is 9.47 Å². The zero-order valence-electron chi connectivity index (χ0n) is 13.7. The standard InChI is InChI=1S/C16H23NO5S/c1-11(12-4-5-12)16(18)17-8-9-23(19,20)13-6-7-14(21-2)15(10-13)22-3/h6-7,10-12H,4-5,8-9H2,1-3H3,(H,17,18). The number of carbonyl (C=O) groups is 1. The van der Waals surface area contributed by atoms with Crippen LogP contribution in [0.25, 0.3) is 0 Å². The van der Waals surface area contributed by atoms with Gasteiger partial charge in [0.1, 0.15) is 0 Å². The molecule has 1 aliphatic carbocycles. The summed E-state index contributed by atoms with van der Waals surface area (Å²) in [5, 5.41) is 2.71. The molecule has 1 amide bonds. The Bertz CT molecular complexity index is 667. The van der Waals surface area contributed by atoms with Crippen LogP contribution in [0.1, 0.15) is 19.8 Å². The van der Waals surface area contributed by atoms with Crippen LogP contribution in [0, 0.1) is 11.8 Å². The first kappa shape index (κ1) is 17.6. The molecule has 0 heterocycles. The van der Waals surface area contributed by atoms with E-state index in [1.807, 2.05) is 6.92 Å². The molecule has 128 valence electrons. The molecule has 0 aromatic heterocycles. The lowest BCUT2D eigenvalue weighted by molar-refractivity contribution is -0.124. The van der Waals surface area contributed by atoms with Gasteiger partial charge in [0, 0.05) is 18.5 Å². The molecular weight excluding hydrogens is 318 g/mol.